The SMILES string of the molecule is CCNc1nc(NC(C)C2CCOC2)c(F)cc1F. The van der Waals surface area contributed by atoms with Crippen LogP contribution in [0.2, 0.25) is 0 Å². The van der Waals surface area contributed by atoms with Gasteiger partial charge in [0.2, 0.25) is 0 Å². The summed E-state index contributed by atoms with van der Waals surface area (Å²) < 4.78 is 32.4. The molecule has 1 aromatic heterocycles. The van der Waals surface area contributed by atoms with Crippen LogP contribution in [-0.2, 0) is 4.74 Å². The first-order chi connectivity index (χ1) is 9.11. The van der Waals surface area contributed by atoms with Crippen LogP contribution in [0.1, 0.15) is 20.3 Å². The minimum absolute atomic E-state index is 0.0319. The zero-order valence-electron chi connectivity index (χ0n) is 11.2. The number of nitrogens with one attached hydrogen (secondary N) is 2. The Balaban J connectivity index is 2.12. The molecule has 0 spiro atoms. The number of hydrogen-bond donors (Lipinski definition) is 2. The molecule has 0 radical (unpaired) electrons. The van der Waals surface area contributed by atoms with Crippen molar-refractivity contribution in [2.45, 2.75) is 26.3 Å². The van der Waals surface area contributed by atoms with Gasteiger partial charge in [0.05, 0.1) is 6.61 Å². The van der Waals surface area contributed by atoms with Crippen molar-refractivity contribution in [3.05, 3.63) is 17.7 Å². The number of anilines is 2. The van der Waals surface area contributed by atoms with Crippen molar-refractivity contribution in [2.75, 3.05) is 30.4 Å². The van der Waals surface area contributed by atoms with Crippen molar-refractivity contribution in [1.29, 1.82) is 0 Å². The Labute approximate surface area is 111 Å². The molecule has 2 atom stereocenters. The van der Waals surface area contributed by atoms with Crippen LogP contribution in [-0.4, -0.2) is 30.8 Å². The quantitative estimate of drug-likeness (QED) is 0.864. The van der Waals surface area contributed by atoms with E-state index in [1.165, 1.54) is 0 Å². The summed E-state index contributed by atoms with van der Waals surface area (Å²) in [6.45, 7) is 5.71. The first-order valence-electron chi connectivity index (χ1n) is 6.56. The van der Waals surface area contributed by atoms with Crippen LogP contribution in [0.15, 0.2) is 6.07 Å². The monoisotopic (exact) mass is 271 g/mol. The average molecular weight is 271 g/mol. The number of ether oxygens (including phenoxy) is 1. The molecule has 2 heterocycles. The molecule has 0 aliphatic carbocycles. The van der Waals surface area contributed by atoms with Gasteiger partial charge in [0.1, 0.15) is 0 Å². The van der Waals surface area contributed by atoms with Crippen LogP contribution in [0.5, 0.6) is 0 Å². The predicted molar refractivity (Wildman–Crippen MR) is 70.3 cm³/mol. The van der Waals surface area contributed by atoms with Gasteiger partial charge in [-0.15, -0.1) is 0 Å². The first-order valence-corrected chi connectivity index (χ1v) is 6.56. The van der Waals surface area contributed by atoms with E-state index in [0.29, 0.717) is 19.1 Å². The smallest absolute Gasteiger partial charge is 0.168 e. The van der Waals surface area contributed by atoms with Gasteiger partial charge in [0.25, 0.3) is 0 Å². The lowest BCUT2D eigenvalue weighted by atomic mass is 10.0. The summed E-state index contributed by atoms with van der Waals surface area (Å²) in [5, 5.41) is 5.77. The Hall–Kier alpha value is -1.43. The number of pyridine rings is 1. The average Bonchev–Trinajstić information content (AvgIpc) is 2.89. The van der Waals surface area contributed by atoms with Crippen molar-refractivity contribution < 1.29 is 13.5 Å². The number of nitrogens with zero attached hydrogens (tertiary/aromatic N) is 1. The highest BCUT2D eigenvalue weighted by molar-refractivity contribution is 5.48. The molecule has 2 rings (SSSR count). The molecule has 19 heavy (non-hydrogen) atoms. The van der Waals surface area contributed by atoms with E-state index >= 15 is 0 Å². The summed E-state index contributed by atoms with van der Waals surface area (Å²) in [4.78, 5) is 3.96. The van der Waals surface area contributed by atoms with Gasteiger partial charge >= 0.3 is 0 Å². The van der Waals surface area contributed by atoms with Crippen LogP contribution in [0.4, 0.5) is 20.4 Å². The van der Waals surface area contributed by atoms with E-state index in [0.717, 1.165) is 19.1 Å². The van der Waals surface area contributed by atoms with E-state index in [2.05, 4.69) is 15.6 Å². The van der Waals surface area contributed by atoms with Crippen LogP contribution in [0.25, 0.3) is 0 Å². The Kier molecular flexibility index (Phi) is 4.52. The summed E-state index contributed by atoms with van der Waals surface area (Å²) in [5.41, 5.74) is 0. The van der Waals surface area contributed by atoms with E-state index < -0.39 is 11.6 Å². The molecule has 0 bridgehead atoms. The van der Waals surface area contributed by atoms with Gasteiger partial charge in [0, 0.05) is 31.2 Å². The molecule has 2 N–H and O–H groups in total. The third-order valence-corrected chi connectivity index (χ3v) is 3.31. The van der Waals surface area contributed by atoms with E-state index in [1.807, 2.05) is 13.8 Å². The lowest BCUT2D eigenvalue weighted by Crippen LogP contribution is -2.27. The Morgan fingerprint density at radius 2 is 2.16 bits per heavy atom. The molecule has 0 saturated carbocycles. The maximum absolute atomic E-state index is 13.7. The molecule has 0 amide bonds. The molecule has 2 unspecified atom stereocenters. The summed E-state index contributed by atoms with van der Waals surface area (Å²) in [6.07, 6.45) is 0.942. The van der Waals surface area contributed by atoms with Crippen LogP contribution in [0, 0.1) is 17.6 Å². The lowest BCUT2D eigenvalue weighted by molar-refractivity contribution is 0.183. The highest BCUT2D eigenvalue weighted by Gasteiger charge is 2.23. The Morgan fingerprint density at radius 3 is 2.79 bits per heavy atom. The Bertz CT molecular complexity index is 436. The summed E-state index contributed by atoms with van der Waals surface area (Å²) >= 11 is 0. The van der Waals surface area contributed by atoms with Crippen LogP contribution >= 0.6 is 0 Å². The third-order valence-electron chi connectivity index (χ3n) is 3.31. The van der Waals surface area contributed by atoms with Gasteiger partial charge in [-0.2, -0.15) is 0 Å². The fraction of sp³-hybridized carbons (Fsp3) is 0.615. The number of aromatic nitrogens is 1. The van der Waals surface area contributed by atoms with Gasteiger partial charge < -0.3 is 15.4 Å². The molecular weight excluding hydrogens is 252 g/mol. The molecule has 6 heteroatoms. The normalized spacial score (nSPS) is 20.3. The number of halogens is 2. The molecule has 0 aromatic carbocycles. The van der Waals surface area contributed by atoms with E-state index in [4.69, 9.17) is 4.74 Å². The molecular formula is C13H19F2N3O. The van der Waals surface area contributed by atoms with Crippen molar-refractivity contribution in [2.24, 2.45) is 5.92 Å². The van der Waals surface area contributed by atoms with Gasteiger partial charge in [-0.05, 0) is 20.3 Å². The first kappa shape index (κ1) is 14.0. The van der Waals surface area contributed by atoms with E-state index in [1.54, 1.807) is 0 Å². The topological polar surface area (TPSA) is 46.2 Å². The molecule has 1 aromatic rings. The standard InChI is InChI=1S/C13H19F2N3O/c1-3-16-12-10(14)6-11(15)13(18-12)17-8(2)9-4-5-19-7-9/h6,8-9H,3-5,7H2,1-2H3,(H2,16,17,18). The highest BCUT2D eigenvalue weighted by Crippen LogP contribution is 2.23. The van der Waals surface area contributed by atoms with Crippen molar-refractivity contribution >= 4 is 11.6 Å². The summed E-state index contributed by atoms with van der Waals surface area (Å²) in [6, 6.07) is 0.884. The molecule has 1 saturated heterocycles. The fourth-order valence-electron chi connectivity index (χ4n) is 2.14. The number of hydrogen-bond acceptors (Lipinski definition) is 4. The van der Waals surface area contributed by atoms with E-state index in [-0.39, 0.29) is 17.7 Å². The largest absolute Gasteiger partial charge is 0.381 e. The van der Waals surface area contributed by atoms with Crippen LogP contribution in [0.3, 0.4) is 0 Å². The second-order valence-corrected chi connectivity index (χ2v) is 4.74. The summed E-state index contributed by atoms with van der Waals surface area (Å²) in [5.74, 6) is -0.876. The van der Waals surface area contributed by atoms with Crippen molar-refractivity contribution in [1.82, 2.24) is 4.98 Å². The summed E-state index contributed by atoms with van der Waals surface area (Å²) in [7, 11) is 0. The van der Waals surface area contributed by atoms with Gasteiger partial charge in [0.15, 0.2) is 23.3 Å². The zero-order chi connectivity index (χ0) is 13.8. The minimum atomic E-state index is -0.679. The lowest BCUT2D eigenvalue weighted by Gasteiger charge is -2.20. The molecule has 106 valence electrons. The van der Waals surface area contributed by atoms with Gasteiger partial charge in [-0.25, -0.2) is 13.8 Å². The maximum atomic E-state index is 13.7. The minimum Gasteiger partial charge on any atom is -0.381 e. The highest BCUT2D eigenvalue weighted by atomic mass is 19.1. The second-order valence-electron chi connectivity index (χ2n) is 4.74. The second kappa shape index (κ2) is 6.14. The van der Waals surface area contributed by atoms with Crippen molar-refractivity contribution in [3.63, 3.8) is 0 Å². The maximum Gasteiger partial charge on any atom is 0.168 e. The van der Waals surface area contributed by atoms with Gasteiger partial charge in [-0.1, -0.05) is 0 Å². The number of rotatable bonds is 5. The Morgan fingerprint density at radius 1 is 1.42 bits per heavy atom. The fourth-order valence-corrected chi connectivity index (χ4v) is 2.14. The zero-order valence-corrected chi connectivity index (χ0v) is 11.2. The predicted octanol–water partition coefficient (Wildman–Crippen LogP) is 2.63. The van der Waals surface area contributed by atoms with Gasteiger partial charge in [-0.3, -0.25) is 0 Å². The molecule has 1 aliphatic heterocycles. The van der Waals surface area contributed by atoms with E-state index in [9.17, 15) is 8.78 Å². The molecule has 4 nitrogen and oxygen atoms in total. The third kappa shape index (κ3) is 3.32. The molecule has 1 aliphatic rings. The van der Waals surface area contributed by atoms with Crippen LogP contribution < -0.4 is 10.6 Å². The molecule has 1 fully saturated rings. The van der Waals surface area contributed by atoms with Crippen molar-refractivity contribution in [3.8, 4) is 0 Å².